The highest BCUT2D eigenvalue weighted by molar-refractivity contribution is 5.04. The van der Waals surface area contributed by atoms with Crippen molar-refractivity contribution in [1.29, 1.82) is 0 Å². The summed E-state index contributed by atoms with van der Waals surface area (Å²) in [5.74, 6) is 0.844. The predicted molar refractivity (Wildman–Crippen MR) is 59.7 cm³/mol. The van der Waals surface area contributed by atoms with Crippen molar-refractivity contribution in [2.45, 2.75) is 33.0 Å². The Morgan fingerprint density at radius 3 is 2.94 bits per heavy atom. The first-order valence-electron chi connectivity index (χ1n) is 5.39. The van der Waals surface area contributed by atoms with Crippen molar-refractivity contribution in [2.24, 2.45) is 0 Å². The first-order chi connectivity index (χ1) is 7.75. The van der Waals surface area contributed by atoms with E-state index in [2.05, 4.69) is 35.6 Å². The van der Waals surface area contributed by atoms with Crippen LogP contribution in [0.1, 0.15) is 31.2 Å². The number of nitrogens with one attached hydrogen (secondary N) is 1. The normalized spacial score (nSPS) is 11.2. The Hall–Kier alpha value is -1.62. The number of aromatic nitrogens is 3. The molecule has 0 fully saturated rings. The molecule has 0 unspecified atom stereocenters. The fourth-order valence-corrected chi connectivity index (χ4v) is 1.41. The summed E-state index contributed by atoms with van der Waals surface area (Å²) >= 11 is 0. The Bertz CT molecular complexity index is 419. The Labute approximate surface area is 94.4 Å². The van der Waals surface area contributed by atoms with Crippen LogP contribution >= 0.6 is 0 Å². The van der Waals surface area contributed by atoms with E-state index in [0.717, 1.165) is 12.3 Å². The maximum absolute atomic E-state index is 4.98. The van der Waals surface area contributed by atoms with E-state index in [-0.39, 0.29) is 0 Å². The largest absolute Gasteiger partial charge is 0.360 e. The Morgan fingerprint density at radius 2 is 2.31 bits per heavy atom. The van der Waals surface area contributed by atoms with Crippen LogP contribution in [0.4, 0.5) is 0 Å². The lowest BCUT2D eigenvalue weighted by Gasteiger charge is -2.03. The molecule has 0 spiro atoms. The first kappa shape index (κ1) is 10.9. The van der Waals surface area contributed by atoms with Crippen molar-refractivity contribution in [3.05, 3.63) is 36.0 Å². The second-order valence-electron chi connectivity index (χ2n) is 4.00. The lowest BCUT2D eigenvalue weighted by atomic mass is 10.3. The Balaban J connectivity index is 1.81. The molecular formula is C11H16N4O. The summed E-state index contributed by atoms with van der Waals surface area (Å²) in [5, 5.41) is 11.2. The maximum Gasteiger partial charge on any atom is 0.150 e. The smallest absolute Gasteiger partial charge is 0.150 e. The monoisotopic (exact) mass is 220 g/mol. The van der Waals surface area contributed by atoms with E-state index in [1.165, 1.54) is 5.56 Å². The second-order valence-corrected chi connectivity index (χ2v) is 4.00. The van der Waals surface area contributed by atoms with Crippen LogP contribution in [-0.2, 0) is 13.1 Å². The van der Waals surface area contributed by atoms with Gasteiger partial charge in [-0.2, -0.15) is 5.10 Å². The van der Waals surface area contributed by atoms with Crippen LogP contribution in [0.3, 0.4) is 0 Å². The van der Waals surface area contributed by atoms with E-state index in [1.807, 2.05) is 16.9 Å². The molecule has 0 aliphatic rings. The third-order valence-electron chi connectivity index (χ3n) is 2.30. The lowest BCUT2D eigenvalue weighted by molar-refractivity contribution is 0.372. The van der Waals surface area contributed by atoms with Crippen molar-refractivity contribution in [1.82, 2.24) is 20.3 Å². The van der Waals surface area contributed by atoms with Gasteiger partial charge < -0.3 is 9.84 Å². The molecule has 5 heteroatoms. The standard InChI is InChI=1S/C11H16N4O/c1-9(2)15-8-10(6-13-15)5-12-7-11-3-4-14-16-11/h3-4,6,8-9,12H,5,7H2,1-2H3. The maximum atomic E-state index is 4.98. The van der Waals surface area contributed by atoms with E-state index < -0.39 is 0 Å². The quantitative estimate of drug-likeness (QED) is 0.834. The zero-order valence-corrected chi connectivity index (χ0v) is 9.55. The van der Waals surface area contributed by atoms with Gasteiger partial charge in [0.1, 0.15) is 5.76 Å². The van der Waals surface area contributed by atoms with Gasteiger partial charge in [-0.1, -0.05) is 5.16 Å². The molecule has 2 heterocycles. The van der Waals surface area contributed by atoms with Crippen LogP contribution in [-0.4, -0.2) is 14.9 Å². The van der Waals surface area contributed by atoms with E-state index in [9.17, 15) is 0 Å². The zero-order valence-electron chi connectivity index (χ0n) is 9.55. The SMILES string of the molecule is CC(C)n1cc(CNCc2ccno2)cn1. The second kappa shape index (κ2) is 4.94. The highest BCUT2D eigenvalue weighted by Crippen LogP contribution is 2.05. The molecule has 0 atom stereocenters. The van der Waals surface area contributed by atoms with E-state index in [1.54, 1.807) is 6.20 Å². The summed E-state index contributed by atoms with van der Waals surface area (Å²) in [6, 6.07) is 2.26. The molecule has 2 aromatic rings. The molecule has 5 nitrogen and oxygen atoms in total. The summed E-state index contributed by atoms with van der Waals surface area (Å²) < 4.78 is 6.93. The van der Waals surface area contributed by atoms with Gasteiger partial charge in [0.15, 0.2) is 0 Å². The number of rotatable bonds is 5. The molecule has 1 N–H and O–H groups in total. The molecule has 0 saturated heterocycles. The fraction of sp³-hybridized carbons (Fsp3) is 0.455. The summed E-state index contributed by atoms with van der Waals surface area (Å²) in [6.07, 6.45) is 5.58. The minimum Gasteiger partial charge on any atom is -0.360 e. The molecule has 0 aromatic carbocycles. The summed E-state index contributed by atoms with van der Waals surface area (Å²) in [4.78, 5) is 0. The highest BCUT2D eigenvalue weighted by Gasteiger charge is 2.02. The lowest BCUT2D eigenvalue weighted by Crippen LogP contribution is -2.11. The van der Waals surface area contributed by atoms with Crippen LogP contribution in [0.25, 0.3) is 0 Å². The van der Waals surface area contributed by atoms with Gasteiger partial charge in [-0.05, 0) is 13.8 Å². The third-order valence-corrected chi connectivity index (χ3v) is 2.30. The topological polar surface area (TPSA) is 55.9 Å². The van der Waals surface area contributed by atoms with E-state index in [4.69, 9.17) is 4.52 Å². The van der Waals surface area contributed by atoms with Crippen LogP contribution in [0.2, 0.25) is 0 Å². The van der Waals surface area contributed by atoms with Gasteiger partial charge in [0, 0.05) is 30.4 Å². The molecule has 0 radical (unpaired) electrons. The van der Waals surface area contributed by atoms with Crippen LogP contribution in [0, 0.1) is 0 Å². The van der Waals surface area contributed by atoms with E-state index >= 15 is 0 Å². The number of hydrogen-bond donors (Lipinski definition) is 1. The summed E-state index contributed by atoms with van der Waals surface area (Å²) in [6.45, 7) is 5.69. The molecule has 0 saturated carbocycles. The van der Waals surface area contributed by atoms with Gasteiger partial charge in [-0.25, -0.2) is 0 Å². The average Bonchev–Trinajstić information content (AvgIpc) is 2.87. The van der Waals surface area contributed by atoms with Gasteiger partial charge in [0.2, 0.25) is 0 Å². The Kier molecular flexibility index (Phi) is 3.36. The van der Waals surface area contributed by atoms with Crippen molar-refractivity contribution in [3.63, 3.8) is 0 Å². The summed E-state index contributed by atoms with van der Waals surface area (Å²) in [5.41, 5.74) is 1.17. The van der Waals surface area contributed by atoms with Crippen LogP contribution in [0.15, 0.2) is 29.2 Å². The average molecular weight is 220 g/mol. The van der Waals surface area contributed by atoms with Gasteiger partial charge in [0.05, 0.1) is 18.9 Å². The Morgan fingerprint density at radius 1 is 1.44 bits per heavy atom. The van der Waals surface area contributed by atoms with Gasteiger partial charge in [-0.3, -0.25) is 4.68 Å². The number of hydrogen-bond acceptors (Lipinski definition) is 4. The molecular weight excluding hydrogens is 204 g/mol. The molecule has 0 aliphatic heterocycles. The van der Waals surface area contributed by atoms with Crippen LogP contribution in [0.5, 0.6) is 0 Å². The summed E-state index contributed by atoms with van der Waals surface area (Å²) in [7, 11) is 0. The number of nitrogens with zero attached hydrogens (tertiary/aromatic N) is 3. The molecule has 16 heavy (non-hydrogen) atoms. The minimum atomic E-state index is 0.406. The minimum absolute atomic E-state index is 0.406. The van der Waals surface area contributed by atoms with Crippen molar-refractivity contribution in [3.8, 4) is 0 Å². The van der Waals surface area contributed by atoms with E-state index in [0.29, 0.717) is 12.6 Å². The van der Waals surface area contributed by atoms with Crippen molar-refractivity contribution < 1.29 is 4.52 Å². The van der Waals surface area contributed by atoms with Gasteiger partial charge in [0.25, 0.3) is 0 Å². The zero-order chi connectivity index (χ0) is 11.4. The van der Waals surface area contributed by atoms with Crippen molar-refractivity contribution in [2.75, 3.05) is 0 Å². The van der Waals surface area contributed by atoms with Gasteiger partial charge in [-0.15, -0.1) is 0 Å². The molecule has 0 amide bonds. The van der Waals surface area contributed by atoms with Crippen LogP contribution < -0.4 is 5.32 Å². The molecule has 0 bridgehead atoms. The third kappa shape index (κ3) is 2.70. The fourth-order valence-electron chi connectivity index (χ4n) is 1.41. The highest BCUT2D eigenvalue weighted by atomic mass is 16.5. The molecule has 0 aliphatic carbocycles. The predicted octanol–water partition coefficient (Wildman–Crippen LogP) is 1.74. The molecule has 2 rings (SSSR count). The molecule has 86 valence electrons. The van der Waals surface area contributed by atoms with Gasteiger partial charge >= 0.3 is 0 Å². The molecule has 2 aromatic heterocycles. The first-order valence-corrected chi connectivity index (χ1v) is 5.39. The van der Waals surface area contributed by atoms with Crippen molar-refractivity contribution >= 4 is 0 Å².